The van der Waals surface area contributed by atoms with Crippen molar-refractivity contribution in [1.29, 1.82) is 0 Å². The number of ether oxygens (including phenoxy) is 1. The van der Waals surface area contributed by atoms with Crippen LogP contribution >= 0.6 is 7.75 Å². The zero-order chi connectivity index (χ0) is 17.3. The van der Waals surface area contributed by atoms with Gasteiger partial charge in [0.05, 0.1) is 25.8 Å². The van der Waals surface area contributed by atoms with Gasteiger partial charge in [-0.2, -0.15) is 0 Å². The summed E-state index contributed by atoms with van der Waals surface area (Å²) in [6, 6.07) is 5.83. The second-order valence-corrected chi connectivity index (χ2v) is 6.80. The number of aromatic amines is 1. The summed E-state index contributed by atoms with van der Waals surface area (Å²) in [5.41, 5.74) is -0.127. The van der Waals surface area contributed by atoms with Gasteiger partial charge in [0.2, 0.25) is 0 Å². The fourth-order valence-electron chi connectivity index (χ4n) is 2.62. The van der Waals surface area contributed by atoms with Gasteiger partial charge in [0, 0.05) is 6.54 Å². The zero-order valence-corrected chi connectivity index (χ0v) is 13.4. The summed E-state index contributed by atoms with van der Waals surface area (Å²) in [4.78, 5) is 34.0. The number of rotatable bonds is 4. The van der Waals surface area contributed by atoms with Gasteiger partial charge < -0.3 is 14.5 Å². The van der Waals surface area contributed by atoms with Crippen LogP contribution in [0.5, 0.6) is 0 Å². The highest BCUT2D eigenvalue weighted by Gasteiger charge is 2.27. The van der Waals surface area contributed by atoms with Crippen LogP contribution in [0.25, 0.3) is 0 Å². The number of nitrogens with zero attached hydrogens (tertiary/aromatic N) is 3. The molecule has 1 saturated heterocycles. The van der Waals surface area contributed by atoms with Gasteiger partial charge >= 0.3 is 13.4 Å². The minimum Gasteiger partial charge on any atom is -0.378 e. The Morgan fingerprint density at radius 3 is 2.71 bits per heavy atom. The molecular weight excluding hydrogens is 342 g/mol. The number of morpholine rings is 1. The fraction of sp³-hybridized carbons (Fsp3) is 0.385. The number of hydrogen-bond acceptors (Lipinski definition) is 5. The van der Waals surface area contributed by atoms with Crippen LogP contribution in [0, 0.1) is 5.82 Å². The maximum absolute atomic E-state index is 13.1. The van der Waals surface area contributed by atoms with E-state index >= 15 is 0 Å². The number of aromatic nitrogens is 3. The number of benzene rings is 1. The van der Waals surface area contributed by atoms with Crippen LogP contribution in [0.15, 0.2) is 29.1 Å². The molecule has 24 heavy (non-hydrogen) atoms. The first-order valence-corrected chi connectivity index (χ1v) is 8.73. The molecule has 9 nitrogen and oxygen atoms in total. The second-order valence-electron chi connectivity index (χ2n) is 5.39. The fourth-order valence-corrected chi connectivity index (χ4v) is 3.13. The average Bonchev–Trinajstić information content (AvgIpc) is 2.90. The van der Waals surface area contributed by atoms with Crippen LogP contribution in [0.2, 0.25) is 0 Å². The van der Waals surface area contributed by atoms with Crippen molar-refractivity contribution in [3.8, 4) is 0 Å². The third kappa shape index (κ3) is 3.63. The van der Waals surface area contributed by atoms with Gasteiger partial charge in [-0.3, -0.25) is 9.88 Å². The summed E-state index contributed by atoms with van der Waals surface area (Å²) in [6.45, 7) is 1.57. The molecule has 0 amide bonds. The normalized spacial score (nSPS) is 19.5. The quantitative estimate of drug-likeness (QED) is 0.669. The summed E-state index contributed by atoms with van der Waals surface area (Å²) in [5.74, 6) is -0.205. The minimum absolute atomic E-state index is 0.135. The lowest BCUT2D eigenvalue weighted by Crippen LogP contribution is -2.39. The first-order chi connectivity index (χ1) is 11.3. The van der Waals surface area contributed by atoms with Crippen molar-refractivity contribution in [2.75, 3.05) is 19.8 Å². The third-order valence-corrected chi connectivity index (χ3v) is 4.51. The Hall–Kier alpha value is -1.84. The van der Waals surface area contributed by atoms with Crippen molar-refractivity contribution < 1.29 is 23.5 Å². The van der Waals surface area contributed by atoms with E-state index in [4.69, 9.17) is 14.5 Å². The van der Waals surface area contributed by atoms with Crippen LogP contribution in [-0.4, -0.2) is 49.0 Å². The minimum atomic E-state index is -4.79. The Balaban J connectivity index is 1.83. The Labute approximate surface area is 135 Å². The van der Waals surface area contributed by atoms with E-state index in [9.17, 15) is 13.8 Å². The Bertz CT molecular complexity index is 815. The van der Waals surface area contributed by atoms with E-state index < -0.39 is 13.4 Å². The topological polar surface area (TPSA) is 121 Å². The van der Waals surface area contributed by atoms with Crippen molar-refractivity contribution in [3.05, 3.63) is 52.0 Å². The third-order valence-electron chi connectivity index (χ3n) is 3.74. The Morgan fingerprint density at radius 1 is 1.38 bits per heavy atom. The predicted molar refractivity (Wildman–Crippen MR) is 80.7 cm³/mol. The van der Waals surface area contributed by atoms with Crippen LogP contribution in [0.1, 0.15) is 17.4 Å². The number of nitrogens with one attached hydrogen (secondary N) is 1. The molecule has 0 saturated carbocycles. The molecule has 3 N–H and O–H groups in total. The average molecular weight is 358 g/mol. The van der Waals surface area contributed by atoms with Gasteiger partial charge in [0.1, 0.15) is 11.6 Å². The monoisotopic (exact) mass is 358 g/mol. The van der Waals surface area contributed by atoms with Crippen molar-refractivity contribution in [2.45, 2.75) is 12.6 Å². The first-order valence-electron chi connectivity index (χ1n) is 7.16. The van der Waals surface area contributed by atoms with Crippen molar-refractivity contribution >= 4 is 7.75 Å². The standard InChI is InChI=1S/C13H16FN4O5P/c14-10-3-1-9(2-4-10)11-8-23-6-5-17(11)7-12-15-13(19)18(16-12)24(20,21)22/h1-4,11H,5-8H2,(H,15,16,19)(H2,20,21,22)/t11-/m1/s1. The Kier molecular flexibility index (Phi) is 4.66. The van der Waals surface area contributed by atoms with Gasteiger partial charge in [0.15, 0.2) is 0 Å². The smallest absolute Gasteiger partial charge is 0.378 e. The maximum atomic E-state index is 13.1. The van der Waals surface area contributed by atoms with Gasteiger partial charge in [-0.15, -0.1) is 9.55 Å². The summed E-state index contributed by atoms with van der Waals surface area (Å²) < 4.78 is 29.9. The van der Waals surface area contributed by atoms with E-state index in [0.717, 1.165) is 5.56 Å². The number of halogens is 1. The zero-order valence-electron chi connectivity index (χ0n) is 12.5. The van der Waals surface area contributed by atoms with Crippen molar-refractivity contribution in [3.63, 3.8) is 0 Å². The van der Waals surface area contributed by atoms with Crippen molar-refractivity contribution in [1.82, 2.24) is 19.4 Å². The van der Waals surface area contributed by atoms with E-state index in [1.165, 1.54) is 12.1 Å². The van der Waals surface area contributed by atoms with E-state index in [1.807, 2.05) is 4.90 Å². The molecule has 0 aliphatic carbocycles. The van der Waals surface area contributed by atoms with Crippen molar-refractivity contribution in [2.24, 2.45) is 0 Å². The molecule has 1 aromatic heterocycles. The van der Waals surface area contributed by atoms with Crippen LogP contribution < -0.4 is 5.69 Å². The molecule has 1 aliphatic heterocycles. The largest absolute Gasteiger partial charge is 0.454 e. The maximum Gasteiger partial charge on any atom is 0.454 e. The molecule has 1 atom stereocenters. The SMILES string of the molecule is O=c1[nH]c(CN2CCOC[C@@H]2c2ccc(F)cc2)nn1P(=O)(O)O. The lowest BCUT2D eigenvalue weighted by Gasteiger charge is -2.35. The van der Waals surface area contributed by atoms with E-state index in [0.29, 0.717) is 19.8 Å². The molecule has 2 heterocycles. The summed E-state index contributed by atoms with van der Waals surface area (Å²) >= 11 is 0. The molecule has 130 valence electrons. The lowest BCUT2D eigenvalue weighted by molar-refractivity contribution is -0.0138. The molecule has 1 aromatic carbocycles. The summed E-state index contributed by atoms with van der Waals surface area (Å²) in [6.07, 6.45) is 0. The van der Waals surface area contributed by atoms with Crippen LogP contribution in [-0.2, 0) is 15.8 Å². The number of H-pyrrole nitrogens is 1. The van der Waals surface area contributed by atoms with E-state index in [2.05, 4.69) is 10.1 Å². The predicted octanol–water partition coefficient (Wildman–Crippen LogP) is 0.225. The molecule has 0 unspecified atom stereocenters. The Morgan fingerprint density at radius 2 is 2.08 bits per heavy atom. The first kappa shape index (κ1) is 17.0. The van der Waals surface area contributed by atoms with Crippen LogP contribution in [0.4, 0.5) is 4.39 Å². The molecule has 0 spiro atoms. The summed E-state index contributed by atoms with van der Waals surface area (Å²) in [5, 5.41) is 3.66. The highest BCUT2D eigenvalue weighted by Crippen LogP contribution is 2.33. The molecule has 3 rings (SSSR count). The number of hydrogen-bond donors (Lipinski definition) is 3. The molecule has 1 fully saturated rings. The highest BCUT2D eigenvalue weighted by molar-refractivity contribution is 7.49. The molecule has 1 aliphatic rings. The molecule has 2 aromatic rings. The molecule has 0 bridgehead atoms. The van der Waals surface area contributed by atoms with Gasteiger partial charge in [-0.25, -0.2) is 13.8 Å². The van der Waals surface area contributed by atoms with Gasteiger partial charge in [-0.1, -0.05) is 12.1 Å². The molecule has 11 heteroatoms. The molecular formula is C13H16FN4O5P. The van der Waals surface area contributed by atoms with E-state index in [-0.39, 0.29) is 28.7 Å². The lowest BCUT2D eigenvalue weighted by atomic mass is 10.0. The second kappa shape index (κ2) is 6.58. The molecule has 0 radical (unpaired) electrons. The van der Waals surface area contributed by atoms with Crippen LogP contribution in [0.3, 0.4) is 0 Å². The summed E-state index contributed by atoms with van der Waals surface area (Å²) in [7, 11) is -4.79. The van der Waals surface area contributed by atoms with Gasteiger partial charge in [0.25, 0.3) is 0 Å². The van der Waals surface area contributed by atoms with Gasteiger partial charge in [-0.05, 0) is 17.7 Å². The van der Waals surface area contributed by atoms with E-state index in [1.54, 1.807) is 12.1 Å². The highest BCUT2D eigenvalue weighted by atomic mass is 31.2.